The van der Waals surface area contributed by atoms with Crippen LogP contribution < -0.4 is 0 Å². The number of ketones is 1. The predicted octanol–water partition coefficient (Wildman–Crippen LogP) is 3.92. The molecule has 1 aromatic rings. The average Bonchev–Trinajstić information content (AvgIpc) is 2.84. The molecule has 15 heavy (non-hydrogen) atoms. The van der Waals surface area contributed by atoms with Crippen LogP contribution in [0.3, 0.4) is 0 Å². The fourth-order valence-electron chi connectivity index (χ4n) is 2.00. The molecule has 1 fully saturated rings. The highest BCUT2D eigenvalue weighted by Gasteiger charge is 2.18. The van der Waals surface area contributed by atoms with E-state index in [0.29, 0.717) is 11.5 Å². The Kier molecular flexibility index (Phi) is 3.87. The van der Waals surface area contributed by atoms with Crippen molar-refractivity contribution in [1.29, 1.82) is 0 Å². The Balaban J connectivity index is 1.84. The molecule has 1 saturated carbocycles. The first-order valence-electron chi connectivity index (χ1n) is 5.46. The normalized spacial score (nSPS) is 17.1. The van der Waals surface area contributed by atoms with Crippen LogP contribution in [0.2, 0.25) is 0 Å². The van der Waals surface area contributed by atoms with Crippen molar-refractivity contribution < 1.29 is 4.79 Å². The SMILES string of the molecule is Cc1sccc1C(=O)CSC1CCCC1. The van der Waals surface area contributed by atoms with Gasteiger partial charge < -0.3 is 0 Å². The topological polar surface area (TPSA) is 17.1 Å². The number of carbonyl (C=O) groups is 1. The van der Waals surface area contributed by atoms with E-state index in [9.17, 15) is 4.79 Å². The van der Waals surface area contributed by atoms with Gasteiger partial charge in [-0.15, -0.1) is 11.3 Å². The second kappa shape index (κ2) is 5.17. The highest BCUT2D eigenvalue weighted by molar-refractivity contribution is 8.00. The summed E-state index contributed by atoms with van der Waals surface area (Å²) in [6.07, 6.45) is 5.31. The van der Waals surface area contributed by atoms with Gasteiger partial charge in [0.05, 0.1) is 5.75 Å². The molecule has 2 rings (SSSR count). The minimum atomic E-state index is 0.311. The fourth-order valence-corrected chi connectivity index (χ4v) is 3.93. The van der Waals surface area contributed by atoms with Crippen LogP contribution in [-0.4, -0.2) is 16.8 Å². The summed E-state index contributed by atoms with van der Waals surface area (Å²) in [7, 11) is 0. The molecule has 0 radical (unpaired) electrons. The molecule has 1 aliphatic rings. The minimum absolute atomic E-state index is 0.311. The van der Waals surface area contributed by atoms with Crippen molar-refractivity contribution in [3.63, 3.8) is 0 Å². The van der Waals surface area contributed by atoms with E-state index in [1.807, 2.05) is 30.1 Å². The molecule has 0 unspecified atom stereocenters. The summed E-state index contributed by atoms with van der Waals surface area (Å²) in [5.74, 6) is 0.980. The van der Waals surface area contributed by atoms with E-state index < -0.39 is 0 Å². The van der Waals surface area contributed by atoms with Gasteiger partial charge in [-0.3, -0.25) is 4.79 Å². The lowest BCUT2D eigenvalue weighted by atomic mass is 10.2. The van der Waals surface area contributed by atoms with E-state index in [4.69, 9.17) is 0 Å². The number of carbonyl (C=O) groups excluding carboxylic acids is 1. The summed E-state index contributed by atoms with van der Waals surface area (Å²) in [6.45, 7) is 2.03. The quantitative estimate of drug-likeness (QED) is 0.742. The van der Waals surface area contributed by atoms with Gasteiger partial charge in [0.25, 0.3) is 0 Å². The molecular weight excluding hydrogens is 224 g/mol. The van der Waals surface area contributed by atoms with E-state index in [1.165, 1.54) is 25.7 Å². The predicted molar refractivity (Wildman–Crippen MR) is 68.1 cm³/mol. The summed E-state index contributed by atoms with van der Waals surface area (Å²) in [5, 5.41) is 2.75. The first-order chi connectivity index (χ1) is 7.27. The van der Waals surface area contributed by atoms with Gasteiger partial charge in [-0.2, -0.15) is 11.8 Å². The molecular formula is C12H16OS2. The Morgan fingerprint density at radius 2 is 2.27 bits per heavy atom. The van der Waals surface area contributed by atoms with Crippen LogP contribution in [0, 0.1) is 6.92 Å². The maximum atomic E-state index is 11.9. The van der Waals surface area contributed by atoms with Crippen molar-refractivity contribution in [3.8, 4) is 0 Å². The van der Waals surface area contributed by atoms with Crippen molar-refractivity contribution in [2.75, 3.05) is 5.75 Å². The number of Topliss-reactive ketones (excluding diaryl/α,β-unsaturated/α-hetero) is 1. The summed E-state index contributed by atoms with van der Waals surface area (Å²) < 4.78 is 0. The van der Waals surface area contributed by atoms with Crippen LogP contribution in [0.5, 0.6) is 0 Å². The van der Waals surface area contributed by atoms with Gasteiger partial charge in [0.1, 0.15) is 0 Å². The zero-order chi connectivity index (χ0) is 10.7. The number of aryl methyl sites for hydroxylation is 1. The Labute approximate surface area is 99.3 Å². The zero-order valence-electron chi connectivity index (χ0n) is 8.99. The Morgan fingerprint density at radius 1 is 1.53 bits per heavy atom. The molecule has 0 aliphatic heterocycles. The van der Waals surface area contributed by atoms with E-state index in [-0.39, 0.29) is 0 Å². The van der Waals surface area contributed by atoms with E-state index in [2.05, 4.69) is 0 Å². The van der Waals surface area contributed by atoms with Crippen molar-refractivity contribution in [2.45, 2.75) is 37.9 Å². The second-order valence-electron chi connectivity index (χ2n) is 4.03. The summed E-state index contributed by atoms with van der Waals surface area (Å²) in [4.78, 5) is 13.0. The molecule has 1 aromatic heterocycles. The molecule has 1 heterocycles. The van der Waals surface area contributed by atoms with E-state index >= 15 is 0 Å². The summed E-state index contributed by atoms with van der Waals surface area (Å²) in [5.41, 5.74) is 0.936. The summed E-state index contributed by atoms with van der Waals surface area (Å²) in [6, 6.07) is 1.96. The third-order valence-corrected chi connectivity index (χ3v) is 5.13. The number of hydrogen-bond donors (Lipinski definition) is 0. The highest BCUT2D eigenvalue weighted by atomic mass is 32.2. The number of rotatable bonds is 4. The molecule has 3 heteroatoms. The van der Waals surface area contributed by atoms with Crippen LogP contribution in [0.1, 0.15) is 40.9 Å². The van der Waals surface area contributed by atoms with Crippen LogP contribution in [0.25, 0.3) is 0 Å². The molecule has 0 amide bonds. The van der Waals surface area contributed by atoms with Crippen molar-refractivity contribution in [1.82, 2.24) is 0 Å². The number of thiophene rings is 1. The van der Waals surface area contributed by atoms with Gasteiger partial charge in [-0.1, -0.05) is 12.8 Å². The maximum Gasteiger partial charge on any atom is 0.173 e. The van der Waals surface area contributed by atoms with Crippen LogP contribution in [-0.2, 0) is 0 Å². The molecule has 0 spiro atoms. The Bertz CT molecular complexity index is 337. The third-order valence-electron chi connectivity index (χ3n) is 2.91. The minimum Gasteiger partial charge on any atom is -0.293 e. The first-order valence-corrected chi connectivity index (χ1v) is 7.39. The lowest BCUT2D eigenvalue weighted by Crippen LogP contribution is -2.06. The van der Waals surface area contributed by atoms with Crippen molar-refractivity contribution >= 4 is 28.9 Å². The Morgan fingerprint density at radius 3 is 2.87 bits per heavy atom. The van der Waals surface area contributed by atoms with Gasteiger partial charge in [0.2, 0.25) is 0 Å². The molecule has 82 valence electrons. The fraction of sp³-hybridized carbons (Fsp3) is 0.583. The monoisotopic (exact) mass is 240 g/mol. The van der Waals surface area contributed by atoms with Crippen LogP contribution >= 0.6 is 23.1 Å². The number of hydrogen-bond acceptors (Lipinski definition) is 3. The molecule has 0 N–H and O–H groups in total. The van der Waals surface area contributed by atoms with Crippen molar-refractivity contribution in [2.24, 2.45) is 0 Å². The number of thioether (sulfide) groups is 1. The zero-order valence-corrected chi connectivity index (χ0v) is 10.6. The molecule has 0 bridgehead atoms. The summed E-state index contributed by atoms with van der Waals surface area (Å²) >= 11 is 3.51. The molecule has 1 nitrogen and oxygen atoms in total. The lowest BCUT2D eigenvalue weighted by molar-refractivity contribution is 0.102. The van der Waals surface area contributed by atoms with Gasteiger partial charge in [-0.05, 0) is 31.2 Å². The van der Waals surface area contributed by atoms with Crippen LogP contribution in [0.15, 0.2) is 11.4 Å². The van der Waals surface area contributed by atoms with Gasteiger partial charge >= 0.3 is 0 Å². The highest BCUT2D eigenvalue weighted by Crippen LogP contribution is 2.30. The first kappa shape index (κ1) is 11.2. The maximum absolute atomic E-state index is 11.9. The molecule has 0 atom stereocenters. The van der Waals surface area contributed by atoms with Crippen molar-refractivity contribution in [3.05, 3.63) is 21.9 Å². The molecule has 0 aromatic carbocycles. The van der Waals surface area contributed by atoms with Gasteiger partial charge in [-0.25, -0.2) is 0 Å². The lowest BCUT2D eigenvalue weighted by Gasteiger charge is -2.07. The molecule has 0 saturated heterocycles. The van der Waals surface area contributed by atoms with Gasteiger partial charge in [0.15, 0.2) is 5.78 Å². The standard InChI is InChI=1S/C12H16OS2/c1-9-11(6-7-14-9)12(13)8-15-10-4-2-3-5-10/h6-7,10H,2-5,8H2,1H3. The van der Waals surface area contributed by atoms with E-state index in [0.717, 1.165) is 15.7 Å². The largest absolute Gasteiger partial charge is 0.293 e. The van der Waals surface area contributed by atoms with Crippen LogP contribution in [0.4, 0.5) is 0 Å². The van der Waals surface area contributed by atoms with Gasteiger partial charge in [0, 0.05) is 15.7 Å². The van der Waals surface area contributed by atoms with E-state index in [1.54, 1.807) is 11.3 Å². The molecule has 1 aliphatic carbocycles. The smallest absolute Gasteiger partial charge is 0.173 e. The second-order valence-corrected chi connectivity index (χ2v) is 6.44. The Hall–Kier alpha value is -0.280. The third kappa shape index (κ3) is 2.85. The average molecular weight is 240 g/mol.